The molecule has 1 rings (SSSR count). The number of carbonyl (C=O) groups is 1. The molecule has 1 aliphatic carbocycles. The van der Waals surface area contributed by atoms with Crippen molar-refractivity contribution in [2.75, 3.05) is 13.6 Å². The molecule has 15 heavy (non-hydrogen) atoms. The topological polar surface area (TPSA) is 78.9 Å². The second-order valence-electron chi connectivity index (χ2n) is 3.64. The summed E-state index contributed by atoms with van der Waals surface area (Å²) in [6.45, 7) is -0.640. The van der Waals surface area contributed by atoms with Crippen LogP contribution in [-0.2, 0) is 4.79 Å². The third-order valence-electron chi connectivity index (χ3n) is 2.52. The van der Waals surface area contributed by atoms with Crippen LogP contribution in [0.1, 0.15) is 12.8 Å². The number of nitrogens with two attached hydrogens (primary N) is 1. The molecule has 0 radical (unpaired) electrons. The lowest BCUT2D eigenvalue weighted by atomic mass is 10.0. The molecule has 0 heterocycles. The molecule has 0 aliphatic heterocycles. The highest BCUT2D eigenvalue weighted by atomic mass is 19.3. The average Bonchev–Trinajstić information content (AvgIpc) is 2.95. The van der Waals surface area contributed by atoms with Crippen LogP contribution in [0.3, 0.4) is 0 Å². The van der Waals surface area contributed by atoms with Crippen LogP contribution in [0.2, 0.25) is 0 Å². The Morgan fingerprint density at radius 1 is 1.67 bits per heavy atom. The molecule has 86 valence electrons. The van der Waals surface area contributed by atoms with E-state index in [1.54, 1.807) is 0 Å². The standard InChI is InChI=1S/C8H13F2N3O2/c1-13(4-5(9)10)7(14)8(2-3-8)6(11)12-15/h5,15H,2-4H2,1H3,(H2,11,12). The van der Waals surface area contributed by atoms with Crippen LogP contribution >= 0.6 is 0 Å². The first kappa shape index (κ1) is 11.7. The highest BCUT2D eigenvalue weighted by molar-refractivity contribution is 6.09. The zero-order valence-electron chi connectivity index (χ0n) is 8.28. The lowest BCUT2D eigenvalue weighted by Gasteiger charge is -2.22. The van der Waals surface area contributed by atoms with Crippen molar-refractivity contribution in [3.05, 3.63) is 0 Å². The van der Waals surface area contributed by atoms with Crippen molar-refractivity contribution >= 4 is 11.7 Å². The number of oxime groups is 1. The van der Waals surface area contributed by atoms with E-state index in [1.165, 1.54) is 7.05 Å². The van der Waals surface area contributed by atoms with Crippen molar-refractivity contribution < 1.29 is 18.8 Å². The molecule has 3 N–H and O–H groups in total. The number of alkyl halides is 2. The van der Waals surface area contributed by atoms with Crippen molar-refractivity contribution in [3.8, 4) is 0 Å². The molecule has 0 saturated heterocycles. The van der Waals surface area contributed by atoms with Crippen LogP contribution in [0.25, 0.3) is 0 Å². The first-order valence-electron chi connectivity index (χ1n) is 4.46. The summed E-state index contributed by atoms with van der Waals surface area (Å²) < 4.78 is 24.1. The van der Waals surface area contributed by atoms with E-state index in [-0.39, 0.29) is 5.84 Å². The summed E-state index contributed by atoms with van der Waals surface area (Å²) in [7, 11) is 1.28. The van der Waals surface area contributed by atoms with E-state index in [0.717, 1.165) is 4.90 Å². The lowest BCUT2D eigenvalue weighted by molar-refractivity contribution is -0.135. The summed E-state index contributed by atoms with van der Waals surface area (Å²) in [5.41, 5.74) is 4.30. The monoisotopic (exact) mass is 221 g/mol. The van der Waals surface area contributed by atoms with Crippen molar-refractivity contribution in [2.45, 2.75) is 19.3 Å². The average molecular weight is 221 g/mol. The lowest BCUT2D eigenvalue weighted by Crippen LogP contribution is -2.43. The molecule has 1 aliphatic rings. The van der Waals surface area contributed by atoms with Gasteiger partial charge in [-0.1, -0.05) is 5.16 Å². The van der Waals surface area contributed by atoms with Gasteiger partial charge in [0.2, 0.25) is 5.91 Å². The smallest absolute Gasteiger partial charge is 0.255 e. The normalized spacial score (nSPS) is 19.1. The minimum Gasteiger partial charge on any atom is -0.409 e. The maximum atomic E-state index is 12.0. The van der Waals surface area contributed by atoms with Crippen LogP contribution in [-0.4, -0.2) is 41.9 Å². The molecule has 1 fully saturated rings. The number of carbonyl (C=O) groups excluding carboxylic acids is 1. The molecule has 0 aromatic rings. The molecule has 0 bridgehead atoms. The third kappa shape index (κ3) is 2.16. The Bertz CT molecular complexity index is 290. The van der Waals surface area contributed by atoms with Crippen LogP contribution < -0.4 is 5.73 Å². The molecule has 0 aromatic heterocycles. The minimum absolute atomic E-state index is 0.200. The van der Waals surface area contributed by atoms with Crippen molar-refractivity contribution in [1.29, 1.82) is 0 Å². The minimum atomic E-state index is -2.58. The van der Waals surface area contributed by atoms with Crippen molar-refractivity contribution in [2.24, 2.45) is 16.3 Å². The van der Waals surface area contributed by atoms with Gasteiger partial charge in [-0.25, -0.2) is 8.78 Å². The number of rotatable bonds is 4. The predicted molar refractivity (Wildman–Crippen MR) is 48.7 cm³/mol. The summed E-state index contributed by atoms with van der Waals surface area (Å²) in [6.07, 6.45) is -1.70. The molecule has 0 spiro atoms. The summed E-state index contributed by atoms with van der Waals surface area (Å²) >= 11 is 0. The van der Waals surface area contributed by atoms with Crippen molar-refractivity contribution in [3.63, 3.8) is 0 Å². The van der Waals surface area contributed by atoms with E-state index in [9.17, 15) is 13.6 Å². The largest absolute Gasteiger partial charge is 0.409 e. The van der Waals surface area contributed by atoms with Crippen LogP contribution in [0.15, 0.2) is 5.16 Å². The van der Waals surface area contributed by atoms with Gasteiger partial charge in [-0.05, 0) is 12.8 Å². The number of halogens is 2. The molecule has 0 atom stereocenters. The summed E-state index contributed by atoms with van der Waals surface area (Å²) in [4.78, 5) is 12.6. The molecular weight excluding hydrogens is 208 g/mol. The second kappa shape index (κ2) is 4.00. The van der Waals surface area contributed by atoms with Gasteiger partial charge in [0.05, 0.1) is 6.54 Å². The maximum absolute atomic E-state index is 12.0. The molecular formula is C8H13F2N3O2. The Hall–Kier alpha value is -1.40. The first-order chi connectivity index (χ1) is 6.94. The number of hydrogen-bond acceptors (Lipinski definition) is 3. The van der Waals surface area contributed by atoms with Gasteiger partial charge in [0.1, 0.15) is 5.41 Å². The van der Waals surface area contributed by atoms with E-state index >= 15 is 0 Å². The van der Waals surface area contributed by atoms with Crippen molar-refractivity contribution in [1.82, 2.24) is 4.90 Å². The molecule has 1 amide bonds. The number of amidine groups is 1. The third-order valence-corrected chi connectivity index (χ3v) is 2.52. The Balaban J connectivity index is 2.68. The van der Waals surface area contributed by atoms with Crippen LogP contribution in [0.5, 0.6) is 0 Å². The van der Waals surface area contributed by atoms with Gasteiger partial charge in [0.25, 0.3) is 6.43 Å². The van der Waals surface area contributed by atoms with Gasteiger partial charge in [-0.3, -0.25) is 4.79 Å². The van der Waals surface area contributed by atoms with E-state index in [4.69, 9.17) is 10.9 Å². The molecule has 7 heteroatoms. The SMILES string of the molecule is CN(CC(F)F)C(=O)C1(C(N)=NO)CC1. The van der Waals surface area contributed by atoms with Gasteiger partial charge in [-0.15, -0.1) is 0 Å². The maximum Gasteiger partial charge on any atom is 0.255 e. The Morgan fingerprint density at radius 3 is 2.53 bits per heavy atom. The summed E-state index contributed by atoms with van der Waals surface area (Å²) in [5, 5.41) is 11.2. The Morgan fingerprint density at radius 2 is 2.20 bits per heavy atom. The fourth-order valence-corrected chi connectivity index (χ4v) is 1.46. The fourth-order valence-electron chi connectivity index (χ4n) is 1.46. The number of hydrogen-bond donors (Lipinski definition) is 2. The molecule has 5 nitrogen and oxygen atoms in total. The molecule has 1 saturated carbocycles. The highest BCUT2D eigenvalue weighted by Gasteiger charge is 2.55. The van der Waals surface area contributed by atoms with Gasteiger partial charge in [0.15, 0.2) is 5.84 Å². The zero-order valence-corrected chi connectivity index (χ0v) is 8.28. The van der Waals surface area contributed by atoms with E-state index in [2.05, 4.69) is 5.16 Å². The fraction of sp³-hybridized carbons (Fsp3) is 0.750. The van der Waals surface area contributed by atoms with Gasteiger partial charge in [0, 0.05) is 7.05 Å². The molecule has 0 unspecified atom stereocenters. The van der Waals surface area contributed by atoms with Gasteiger partial charge < -0.3 is 15.8 Å². The van der Waals surface area contributed by atoms with E-state index in [0.29, 0.717) is 12.8 Å². The van der Waals surface area contributed by atoms with E-state index < -0.39 is 24.3 Å². The number of amides is 1. The van der Waals surface area contributed by atoms with Gasteiger partial charge in [-0.2, -0.15) is 0 Å². The van der Waals surface area contributed by atoms with Gasteiger partial charge >= 0.3 is 0 Å². The Labute approximate surface area is 85.5 Å². The quantitative estimate of drug-likeness (QED) is 0.309. The summed E-state index contributed by atoms with van der Waals surface area (Å²) in [5.74, 6) is -0.716. The van der Waals surface area contributed by atoms with Crippen LogP contribution in [0, 0.1) is 5.41 Å². The zero-order chi connectivity index (χ0) is 11.6. The van der Waals surface area contributed by atoms with Crippen LogP contribution in [0.4, 0.5) is 8.78 Å². The second-order valence-corrected chi connectivity index (χ2v) is 3.64. The summed E-state index contributed by atoms with van der Waals surface area (Å²) in [6, 6.07) is 0. The molecule has 0 aromatic carbocycles. The number of nitrogens with zero attached hydrogens (tertiary/aromatic N) is 2. The van der Waals surface area contributed by atoms with E-state index in [1.807, 2.05) is 0 Å². The Kier molecular flexibility index (Phi) is 3.11. The highest BCUT2D eigenvalue weighted by Crippen LogP contribution is 2.47. The predicted octanol–water partition coefficient (Wildman–Crippen LogP) is 0.236. The first-order valence-corrected chi connectivity index (χ1v) is 4.46.